The first-order valence-electron chi connectivity index (χ1n) is 7.01. The molecule has 1 unspecified atom stereocenters. The molecule has 0 aliphatic carbocycles. The zero-order chi connectivity index (χ0) is 24.8. The minimum Gasteiger partial charge on any atom is -0.465 e. The average molecular weight is 596 g/mol. The molecule has 0 aromatic rings. The Morgan fingerprint density at radius 2 is 1.03 bits per heavy atom. The van der Waals surface area contributed by atoms with Gasteiger partial charge in [-0.15, -0.1) is 0 Å². The molecule has 180 valence electrons. The van der Waals surface area contributed by atoms with E-state index in [9.17, 15) is 70.7 Å². The fourth-order valence-electron chi connectivity index (χ4n) is 1.67. The summed E-state index contributed by atoms with van der Waals surface area (Å²) in [5.74, 6) is -48.6. The lowest BCUT2D eigenvalue weighted by molar-refractivity contribution is -0.452. The molecule has 0 fully saturated rings. The van der Waals surface area contributed by atoms with Crippen LogP contribution in [0.5, 0.6) is 0 Å². The minimum absolute atomic E-state index is 0.548. The van der Waals surface area contributed by atoms with Crippen molar-refractivity contribution in [2.75, 3.05) is 6.61 Å². The van der Waals surface area contributed by atoms with Gasteiger partial charge in [-0.25, -0.2) is 0 Å². The molecule has 0 aromatic carbocycles. The van der Waals surface area contributed by atoms with Gasteiger partial charge in [0, 0.05) is 6.42 Å². The Morgan fingerprint density at radius 1 is 0.700 bits per heavy atom. The molecular weight excluding hydrogens is 588 g/mol. The van der Waals surface area contributed by atoms with E-state index in [1.54, 1.807) is 0 Å². The van der Waals surface area contributed by atoms with Gasteiger partial charge in [-0.05, 0) is 6.92 Å². The van der Waals surface area contributed by atoms with Crippen LogP contribution in [0.15, 0.2) is 0 Å². The van der Waals surface area contributed by atoms with E-state index in [1.165, 1.54) is 0 Å². The number of alkyl halides is 16. The van der Waals surface area contributed by atoms with Gasteiger partial charge in [-0.2, -0.15) is 65.9 Å². The highest BCUT2D eigenvalue weighted by molar-refractivity contribution is 14.1. The summed E-state index contributed by atoms with van der Waals surface area (Å²) in [5.41, 5.74) is 0. The standard InChI is InChI=1S/C12H8F15IO2/c1-2-30-5(29)4(28)3-6(13,14)7(15,16)8(17,18)9(19,20)10(21,22)11(23,24)12(25,26)27/h4H,2-3H2,1H3. The molecule has 1 atom stereocenters. The fraction of sp³-hybridized carbons (Fsp3) is 0.917. The van der Waals surface area contributed by atoms with Crippen LogP contribution in [0.1, 0.15) is 13.3 Å². The molecule has 0 amide bonds. The van der Waals surface area contributed by atoms with Crippen LogP contribution >= 0.6 is 22.6 Å². The van der Waals surface area contributed by atoms with E-state index in [0.29, 0.717) is 22.6 Å². The summed E-state index contributed by atoms with van der Waals surface area (Å²) < 4.78 is 196. The third-order valence-corrected chi connectivity index (χ3v) is 4.32. The number of esters is 1. The SMILES string of the molecule is CCOC(=O)C(I)CC(F)(F)C(F)(F)C(F)(F)C(F)(F)C(F)(F)C(F)(F)C(F)(F)F. The number of carbonyl (C=O) groups is 1. The molecule has 0 saturated carbocycles. The maximum Gasteiger partial charge on any atom is 0.460 e. The molecule has 2 nitrogen and oxygen atoms in total. The summed E-state index contributed by atoms with van der Waals surface area (Å²) in [5, 5.41) is 0. The summed E-state index contributed by atoms with van der Waals surface area (Å²) in [7, 11) is 0. The second-order valence-electron chi connectivity index (χ2n) is 5.50. The van der Waals surface area contributed by atoms with Crippen molar-refractivity contribution in [2.45, 2.75) is 59.0 Å². The maximum absolute atomic E-state index is 13.6. The predicted molar refractivity (Wildman–Crippen MR) is 74.8 cm³/mol. The van der Waals surface area contributed by atoms with Crippen LogP contribution < -0.4 is 0 Å². The van der Waals surface area contributed by atoms with E-state index in [4.69, 9.17) is 0 Å². The largest absolute Gasteiger partial charge is 0.465 e. The number of hydrogen-bond donors (Lipinski definition) is 0. The summed E-state index contributed by atoms with van der Waals surface area (Å²) in [6.45, 7) is 0.527. The maximum atomic E-state index is 13.6. The fourth-order valence-corrected chi connectivity index (χ4v) is 2.40. The van der Waals surface area contributed by atoms with Crippen LogP contribution in [0.3, 0.4) is 0 Å². The van der Waals surface area contributed by atoms with Crippen molar-refractivity contribution in [1.82, 2.24) is 0 Å². The predicted octanol–water partition coefficient (Wildman–Crippen LogP) is 6.12. The van der Waals surface area contributed by atoms with Crippen molar-refractivity contribution < 1.29 is 75.4 Å². The monoisotopic (exact) mass is 596 g/mol. The first-order chi connectivity index (χ1) is 12.9. The topological polar surface area (TPSA) is 26.3 Å². The third kappa shape index (κ3) is 4.37. The van der Waals surface area contributed by atoms with Gasteiger partial charge in [0.1, 0.15) is 3.92 Å². The minimum atomic E-state index is -8.34. The first-order valence-corrected chi connectivity index (χ1v) is 8.25. The van der Waals surface area contributed by atoms with Gasteiger partial charge < -0.3 is 4.74 Å². The molecule has 0 spiro atoms. The molecule has 0 radical (unpaired) electrons. The Morgan fingerprint density at radius 3 is 1.37 bits per heavy atom. The number of halogens is 16. The van der Waals surface area contributed by atoms with Gasteiger partial charge in [0.15, 0.2) is 0 Å². The lowest BCUT2D eigenvalue weighted by atomic mass is 9.89. The first kappa shape index (κ1) is 29.1. The smallest absolute Gasteiger partial charge is 0.460 e. The molecule has 0 rings (SSSR count). The highest BCUT2D eigenvalue weighted by atomic mass is 127. The van der Waals surface area contributed by atoms with Crippen molar-refractivity contribution in [3.8, 4) is 0 Å². The summed E-state index contributed by atoms with van der Waals surface area (Å²) in [4.78, 5) is 11.1. The van der Waals surface area contributed by atoms with Crippen molar-refractivity contribution >= 4 is 28.6 Å². The molecule has 0 bridgehead atoms. The Balaban J connectivity index is 6.32. The van der Waals surface area contributed by atoms with Crippen molar-refractivity contribution in [3.05, 3.63) is 0 Å². The summed E-state index contributed by atoms with van der Waals surface area (Å²) in [6, 6.07) is 0. The normalized spacial score (nSPS) is 16.4. The quantitative estimate of drug-likeness (QED) is 0.139. The van der Waals surface area contributed by atoms with Gasteiger partial charge in [-0.1, -0.05) is 22.6 Å². The van der Waals surface area contributed by atoms with Crippen molar-refractivity contribution in [3.63, 3.8) is 0 Å². The highest BCUT2D eigenvalue weighted by Crippen LogP contribution is 2.62. The van der Waals surface area contributed by atoms with Gasteiger partial charge in [-0.3, -0.25) is 4.79 Å². The summed E-state index contributed by atoms with van der Waals surface area (Å²) >= 11 is 0.608. The average Bonchev–Trinajstić information content (AvgIpc) is 2.52. The van der Waals surface area contributed by atoms with Crippen LogP contribution in [-0.4, -0.2) is 58.2 Å². The number of ether oxygens (including phenoxy) is 1. The van der Waals surface area contributed by atoms with E-state index in [0.717, 1.165) is 6.92 Å². The van der Waals surface area contributed by atoms with Gasteiger partial charge >= 0.3 is 47.7 Å². The van der Waals surface area contributed by atoms with Crippen molar-refractivity contribution in [2.24, 2.45) is 0 Å². The van der Waals surface area contributed by atoms with Gasteiger partial charge in [0.25, 0.3) is 0 Å². The molecular formula is C12H8F15IO2. The lowest BCUT2D eigenvalue weighted by Gasteiger charge is -2.41. The van der Waals surface area contributed by atoms with E-state index < -0.39 is 64.6 Å². The van der Waals surface area contributed by atoms with Crippen LogP contribution in [0.4, 0.5) is 65.9 Å². The summed E-state index contributed by atoms with van der Waals surface area (Å²) in [6.07, 6.45) is -10.4. The van der Waals surface area contributed by atoms with Crippen LogP contribution in [0.25, 0.3) is 0 Å². The highest BCUT2D eigenvalue weighted by Gasteiger charge is 2.93. The Hall–Kier alpha value is -0.850. The molecule has 0 aliphatic rings. The molecule has 0 saturated heterocycles. The molecule has 0 aliphatic heterocycles. The van der Waals surface area contributed by atoms with Crippen LogP contribution in [0.2, 0.25) is 0 Å². The second kappa shape index (κ2) is 8.25. The number of rotatable bonds is 9. The Bertz CT molecular complexity index is 628. The van der Waals surface area contributed by atoms with E-state index in [-0.39, 0.29) is 0 Å². The van der Waals surface area contributed by atoms with Crippen LogP contribution in [-0.2, 0) is 9.53 Å². The van der Waals surface area contributed by atoms with Gasteiger partial charge in [0.2, 0.25) is 0 Å². The number of carbonyl (C=O) groups excluding carboxylic acids is 1. The Labute approximate surface area is 170 Å². The molecule has 18 heteroatoms. The zero-order valence-electron chi connectivity index (χ0n) is 13.9. The van der Waals surface area contributed by atoms with E-state index >= 15 is 0 Å². The van der Waals surface area contributed by atoms with Gasteiger partial charge in [0.05, 0.1) is 6.61 Å². The number of hydrogen-bond acceptors (Lipinski definition) is 2. The zero-order valence-corrected chi connectivity index (χ0v) is 16.0. The van der Waals surface area contributed by atoms with Crippen molar-refractivity contribution in [1.29, 1.82) is 0 Å². The molecule has 30 heavy (non-hydrogen) atoms. The molecule has 0 aromatic heterocycles. The third-order valence-electron chi connectivity index (χ3n) is 3.37. The molecule has 0 N–H and O–H groups in total. The van der Waals surface area contributed by atoms with E-state index in [2.05, 4.69) is 4.74 Å². The Kier molecular flexibility index (Phi) is 8.02. The second-order valence-corrected chi connectivity index (χ2v) is 7.00. The lowest BCUT2D eigenvalue weighted by Crippen LogP contribution is -2.72. The molecule has 0 heterocycles. The van der Waals surface area contributed by atoms with Crippen LogP contribution in [0, 0.1) is 0 Å². The van der Waals surface area contributed by atoms with E-state index in [1.807, 2.05) is 0 Å².